The maximum absolute atomic E-state index is 6.03. The molecule has 0 spiro atoms. The quantitative estimate of drug-likeness (QED) is 0.672. The minimum absolute atomic E-state index is 0.0243. The van der Waals surface area contributed by atoms with Crippen molar-refractivity contribution in [3.8, 4) is 0 Å². The maximum atomic E-state index is 6.03. The molecule has 1 fully saturated rings. The van der Waals surface area contributed by atoms with E-state index in [0.717, 1.165) is 5.46 Å². The summed E-state index contributed by atoms with van der Waals surface area (Å²) in [6.07, 6.45) is 3.52. The van der Waals surface area contributed by atoms with Crippen molar-refractivity contribution in [3.63, 3.8) is 0 Å². The molecule has 1 saturated heterocycles. The van der Waals surface area contributed by atoms with Crippen LogP contribution in [0.5, 0.6) is 0 Å². The van der Waals surface area contributed by atoms with Crippen LogP contribution < -0.4 is 5.46 Å². The molecule has 0 amide bonds. The summed E-state index contributed by atoms with van der Waals surface area (Å²) < 4.78 is 11.8. The van der Waals surface area contributed by atoms with Crippen LogP contribution >= 0.6 is 0 Å². The van der Waals surface area contributed by atoms with Crippen LogP contribution in [0.2, 0.25) is 0 Å². The largest absolute Gasteiger partial charge is 0.494 e. The summed E-state index contributed by atoms with van der Waals surface area (Å²) in [5.41, 5.74) is 0.856. The third-order valence-electron chi connectivity index (χ3n) is 3.61. The molecular formula is C12H18BNO2. The Morgan fingerprint density at radius 3 is 2.38 bits per heavy atom. The predicted octanol–water partition coefficient (Wildman–Crippen LogP) is 1.63. The van der Waals surface area contributed by atoms with Gasteiger partial charge >= 0.3 is 7.12 Å². The molecule has 1 aromatic heterocycles. The number of nitrogens with zero attached hydrogens (tertiary/aromatic N) is 1. The Balaban J connectivity index is 2.18. The van der Waals surface area contributed by atoms with E-state index in [9.17, 15) is 0 Å². The second kappa shape index (κ2) is 3.86. The molecule has 1 aromatic rings. The van der Waals surface area contributed by atoms with Crippen molar-refractivity contribution in [1.82, 2.24) is 4.98 Å². The lowest BCUT2D eigenvalue weighted by molar-refractivity contribution is -0.0937. The molecule has 0 saturated carbocycles. The van der Waals surface area contributed by atoms with Crippen molar-refractivity contribution >= 4 is 12.6 Å². The molecule has 4 heteroatoms. The molecule has 2 rings (SSSR count). The number of aromatic nitrogens is 1. The van der Waals surface area contributed by atoms with E-state index >= 15 is 0 Å². The summed E-state index contributed by atoms with van der Waals surface area (Å²) in [4.78, 5) is 3.99. The molecular weight excluding hydrogens is 201 g/mol. The molecule has 0 radical (unpaired) electrons. The van der Waals surface area contributed by atoms with E-state index in [4.69, 9.17) is 9.31 Å². The van der Waals surface area contributed by atoms with E-state index in [1.807, 2.05) is 12.1 Å². The number of hydrogen-bond donors (Lipinski definition) is 0. The van der Waals surface area contributed by atoms with Crippen molar-refractivity contribution in [2.24, 2.45) is 5.41 Å². The fourth-order valence-corrected chi connectivity index (χ4v) is 1.60. The number of pyridine rings is 1. The summed E-state index contributed by atoms with van der Waals surface area (Å²) in [5, 5.41) is 0. The highest BCUT2D eigenvalue weighted by molar-refractivity contribution is 6.61. The van der Waals surface area contributed by atoms with E-state index in [0.29, 0.717) is 6.61 Å². The van der Waals surface area contributed by atoms with Crippen molar-refractivity contribution in [2.75, 3.05) is 6.61 Å². The third-order valence-corrected chi connectivity index (χ3v) is 3.61. The van der Waals surface area contributed by atoms with Gasteiger partial charge in [0, 0.05) is 24.4 Å². The standard InChI is InChI=1S/C12H18BNO2/c1-11(2)9-15-13(16-12(11,3)4)10-5-7-14-8-6-10/h5-8H,9H2,1-4H3. The normalized spacial score (nSPS) is 23.1. The predicted molar refractivity (Wildman–Crippen MR) is 64.5 cm³/mol. The first-order valence-electron chi connectivity index (χ1n) is 5.62. The van der Waals surface area contributed by atoms with Crippen LogP contribution in [0.4, 0.5) is 0 Å². The highest BCUT2D eigenvalue weighted by Gasteiger charge is 2.46. The zero-order valence-electron chi connectivity index (χ0n) is 10.4. The van der Waals surface area contributed by atoms with E-state index in [-0.39, 0.29) is 18.1 Å². The zero-order valence-corrected chi connectivity index (χ0v) is 10.4. The Kier molecular flexibility index (Phi) is 2.80. The molecule has 2 heterocycles. The summed E-state index contributed by atoms with van der Waals surface area (Å²) in [6.45, 7) is 9.26. The lowest BCUT2D eigenvalue weighted by Crippen LogP contribution is -2.58. The zero-order chi connectivity index (χ0) is 11.8. The summed E-state index contributed by atoms with van der Waals surface area (Å²) in [6, 6.07) is 3.86. The van der Waals surface area contributed by atoms with Gasteiger partial charge in [-0.05, 0) is 31.4 Å². The molecule has 86 valence electrons. The first-order valence-corrected chi connectivity index (χ1v) is 5.62. The van der Waals surface area contributed by atoms with Crippen molar-refractivity contribution in [1.29, 1.82) is 0 Å². The van der Waals surface area contributed by atoms with Gasteiger partial charge in [-0.3, -0.25) is 4.98 Å². The first-order chi connectivity index (χ1) is 7.42. The Bertz CT molecular complexity index is 365. The van der Waals surface area contributed by atoms with Crippen LogP contribution in [0.25, 0.3) is 0 Å². The average molecular weight is 219 g/mol. The van der Waals surface area contributed by atoms with E-state index in [1.54, 1.807) is 12.4 Å². The molecule has 3 nitrogen and oxygen atoms in total. The second-order valence-electron chi connectivity index (χ2n) is 5.44. The second-order valence-corrected chi connectivity index (χ2v) is 5.44. The molecule has 0 unspecified atom stereocenters. The molecule has 16 heavy (non-hydrogen) atoms. The van der Waals surface area contributed by atoms with Crippen LogP contribution in [-0.2, 0) is 9.31 Å². The fourth-order valence-electron chi connectivity index (χ4n) is 1.60. The highest BCUT2D eigenvalue weighted by atomic mass is 16.6. The van der Waals surface area contributed by atoms with Gasteiger partial charge in [-0.2, -0.15) is 0 Å². The lowest BCUT2D eigenvalue weighted by Gasteiger charge is -2.47. The van der Waals surface area contributed by atoms with Gasteiger partial charge in [0.15, 0.2) is 0 Å². The minimum atomic E-state index is -0.272. The lowest BCUT2D eigenvalue weighted by atomic mass is 9.69. The summed E-state index contributed by atoms with van der Waals surface area (Å²) in [5.74, 6) is 0. The number of rotatable bonds is 1. The molecule has 0 atom stereocenters. The van der Waals surface area contributed by atoms with Crippen molar-refractivity contribution in [3.05, 3.63) is 24.5 Å². The van der Waals surface area contributed by atoms with E-state index in [2.05, 4.69) is 32.7 Å². The van der Waals surface area contributed by atoms with Crippen LogP contribution in [0.3, 0.4) is 0 Å². The van der Waals surface area contributed by atoms with Crippen LogP contribution in [0.15, 0.2) is 24.5 Å². The monoisotopic (exact) mass is 219 g/mol. The smallest absolute Gasteiger partial charge is 0.407 e. The van der Waals surface area contributed by atoms with Crippen LogP contribution in [0, 0.1) is 5.41 Å². The maximum Gasteiger partial charge on any atom is 0.494 e. The molecule has 1 aliphatic heterocycles. The van der Waals surface area contributed by atoms with Crippen LogP contribution in [-0.4, -0.2) is 24.3 Å². The van der Waals surface area contributed by atoms with Gasteiger partial charge in [0.25, 0.3) is 0 Å². The molecule has 0 aromatic carbocycles. The molecule has 0 N–H and O–H groups in total. The van der Waals surface area contributed by atoms with Gasteiger partial charge in [0.05, 0.1) is 5.60 Å². The Morgan fingerprint density at radius 1 is 1.19 bits per heavy atom. The Hall–Kier alpha value is -0.865. The van der Waals surface area contributed by atoms with Gasteiger partial charge in [-0.15, -0.1) is 0 Å². The SMILES string of the molecule is CC1(C)COB(c2ccncc2)OC1(C)C. The van der Waals surface area contributed by atoms with Gasteiger partial charge in [-0.1, -0.05) is 13.8 Å². The molecule has 0 aliphatic carbocycles. The first kappa shape index (κ1) is 11.6. The van der Waals surface area contributed by atoms with Gasteiger partial charge in [0.1, 0.15) is 0 Å². The highest BCUT2D eigenvalue weighted by Crippen LogP contribution is 2.37. The molecule has 0 bridgehead atoms. The third kappa shape index (κ3) is 2.00. The number of hydrogen-bond acceptors (Lipinski definition) is 3. The molecule has 1 aliphatic rings. The summed E-state index contributed by atoms with van der Waals surface area (Å²) in [7, 11) is -0.272. The Labute approximate surface area is 97.3 Å². The van der Waals surface area contributed by atoms with Crippen molar-refractivity contribution < 1.29 is 9.31 Å². The fraction of sp³-hybridized carbons (Fsp3) is 0.583. The summed E-state index contributed by atoms with van der Waals surface area (Å²) >= 11 is 0. The van der Waals surface area contributed by atoms with Crippen LogP contribution in [0.1, 0.15) is 27.7 Å². The average Bonchev–Trinajstić information content (AvgIpc) is 2.23. The van der Waals surface area contributed by atoms with Gasteiger partial charge in [0.2, 0.25) is 0 Å². The van der Waals surface area contributed by atoms with E-state index < -0.39 is 0 Å². The van der Waals surface area contributed by atoms with Gasteiger partial charge in [-0.25, -0.2) is 0 Å². The van der Waals surface area contributed by atoms with E-state index in [1.165, 1.54) is 0 Å². The Morgan fingerprint density at radius 2 is 1.81 bits per heavy atom. The van der Waals surface area contributed by atoms with Crippen molar-refractivity contribution in [2.45, 2.75) is 33.3 Å². The topological polar surface area (TPSA) is 31.4 Å². The minimum Gasteiger partial charge on any atom is -0.407 e. The van der Waals surface area contributed by atoms with Gasteiger partial charge < -0.3 is 9.31 Å².